The van der Waals surface area contributed by atoms with E-state index in [4.69, 9.17) is 0 Å². The third kappa shape index (κ3) is 6.60. The van der Waals surface area contributed by atoms with Crippen molar-refractivity contribution in [2.75, 3.05) is 0 Å². The quantitative estimate of drug-likeness (QED) is 0.382. The second kappa shape index (κ2) is 11.9. The Hall–Kier alpha value is -0.870. The molecule has 1 aromatic rings. The lowest BCUT2D eigenvalue weighted by molar-refractivity contribution is 0.479. The molecule has 0 radical (unpaired) electrons. The summed E-state index contributed by atoms with van der Waals surface area (Å²) in [6, 6.07) is 0. The first-order valence-electron chi connectivity index (χ1n) is 11.0. The van der Waals surface area contributed by atoms with Crippen LogP contribution in [0.3, 0.4) is 0 Å². The SMILES string of the molecule is CCCCc1c(C)c(CCCC)c(CCCC)c(S(=O)(=O)O)c1CCCC. The van der Waals surface area contributed by atoms with Gasteiger partial charge in [0.2, 0.25) is 0 Å². The zero-order chi connectivity index (χ0) is 20.4. The van der Waals surface area contributed by atoms with Gasteiger partial charge in [0.25, 0.3) is 10.1 Å². The van der Waals surface area contributed by atoms with E-state index in [1.165, 1.54) is 16.7 Å². The fraction of sp³-hybridized carbons (Fsp3) is 0.739. The van der Waals surface area contributed by atoms with Crippen LogP contribution in [0.2, 0.25) is 0 Å². The molecule has 4 heteroatoms. The third-order valence-electron chi connectivity index (χ3n) is 5.56. The lowest BCUT2D eigenvalue weighted by atomic mass is 9.84. The Balaban J connectivity index is 3.80. The number of rotatable bonds is 13. The predicted molar refractivity (Wildman–Crippen MR) is 115 cm³/mol. The van der Waals surface area contributed by atoms with Gasteiger partial charge in [0.15, 0.2) is 0 Å². The predicted octanol–water partition coefficient (Wildman–Crippen LogP) is 6.61. The zero-order valence-electron chi connectivity index (χ0n) is 18.2. The molecule has 0 fully saturated rings. The van der Waals surface area contributed by atoms with Crippen molar-refractivity contribution in [3.05, 3.63) is 27.8 Å². The fourth-order valence-corrected chi connectivity index (χ4v) is 5.10. The summed E-state index contributed by atoms with van der Waals surface area (Å²) in [7, 11) is -4.24. The largest absolute Gasteiger partial charge is 0.295 e. The van der Waals surface area contributed by atoms with Crippen molar-refractivity contribution in [1.82, 2.24) is 0 Å². The fourth-order valence-electron chi connectivity index (χ4n) is 4.02. The summed E-state index contributed by atoms with van der Waals surface area (Å²) in [6.45, 7) is 10.8. The van der Waals surface area contributed by atoms with Gasteiger partial charge in [0.1, 0.15) is 4.90 Å². The number of benzene rings is 1. The van der Waals surface area contributed by atoms with Crippen LogP contribution in [0.5, 0.6) is 0 Å². The summed E-state index contributed by atoms with van der Waals surface area (Å²) in [6.07, 6.45) is 11.4. The van der Waals surface area contributed by atoms with Crippen molar-refractivity contribution in [1.29, 1.82) is 0 Å². The molecule has 1 aromatic carbocycles. The Kier molecular flexibility index (Phi) is 10.6. The highest BCUT2D eigenvalue weighted by Gasteiger charge is 2.27. The van der Waals surface area contributed by atoms with Crippen molar-refractivity contribution in [2.24, 2.45) is 0 Å². The maximum absolute atomic E-state index is 12.5. The average molecular weight is 397 g/mol. The molecule has 0 saturated carbocycles. The number of unbranched alkanes of at least 4 members (excludes halogenated alkanes) is 4. The topological polar surface area (TPSA) is 54.4 Å². The van der Waals surface area contributed by atoms with E-state index in [0.29, 0.717) is 0 Å². The van der Waals surface area contributed by atoms with Gasteiger partial charge >= 0.3 is 0 Å². The Morgan fingerprint density at radius 3 is 1.19 bits per heavy atom. The first-order valence-corrected chi connectivity index (χ1v) is 12.4. The Morgan fingerprint density at radius 1 is 0.630 bits per heavy atom. The second-order valence-corrected chi connectivity index (χ2v) is 9.12. The summed E-state index contributed by atoms with van der Waals surface area (Å²) in [5.74, 6) is 0. The normalized spacial score (nSPS) is 11.9. The minimum absolute atomic E-state index is 0.257. The number of hydrogen-bond donors (Lipinski definition) is 1. The van der Waals surface area contributed by atoms with Gasteiger partial charge < -0.3 is 0 Å². The van der Waals surface area contributed by atoms with Crippen molar-refractivity contribution >= 4 is 10.1 Å². The molecule has 1 rings (SSSR count). The van der Waals surface area contributed by atoms with E-state index in [-0.39, 0.29) is 4.90 Å². The summed E-state index contributed by atoms with van der Waals surface area (Å²) in [4.78, 5) is 0.257. The smallest absolute Gasteiger partial charge is 0.282 e. The highest BCUT2D eigenvalue weighted by molar-refractivity contribution is 7.86. The summed E-state index contributed by atoms with van der Waals surface area (Å²) in [5.41, 5.74) is 5.45. The monoisotopic (exact) mass is 396 g/mol. The van der Waals surface area contributed by atoms with Crippen LogP contribution < -0.4 is 0 Å². The van der Waals surface area contributed by atoms with Gasteiger partial charge in [-0.1, -0.05) is 53.4 Å². The van der Waals surface area contributed by atoms with Crippen LogP contribution in [0, 0.1) is 6.92 Å². The summed E-state index contributed by atoms with van der Waals surface area (Å²) >= 11 is 0. The van der Waals surface area contributed by atoms with Crippen molar-refractivity contribution < 1.29 is 13.0 Å². The molecule has 3 nitrogen and oxygen atoms in total. The molecule has 0 aliphatic rings. The molecule has 27 heavy (non-hydrogen) atoms. The third-order valence-corrected chi connectivity index (χ3v) is 6.57. The van der Waals surface area contributed by atoms with E-state index in [0.717, 1.165) is 88.2 Å². The van der Waals surface area contributed by atoms with Crippen molar-refractivity contribution in [2.45, 2.75) is 117 Å². The van der Waals surface area contributed by atoms with E-state index in [2.05, 4.69) is 34.6 Å². The van der Waals surface area contributed by atoms with E-state index in [9.17, 15) is 13.0 Å². The van der Waals surface area contributed by atoms with E-state index in [1.807, 2.05) is 0 Å². The van der Waals surface area contributed by atoms with Crippen molar-refractivity contribution in [3.63, 3.8) is 0 Å². The summed E-state index contributed by atoms with van der Waals surface area (Å²) in [5, 5.41) is 0. The minimum Gasteiger partial charge on any atom is -0.282 e. The first-order chi connectivity index (χ1) is 12.8. The van der Waals surface area contributed by atoms with Gasteiger partial charge in [-0.25, -0.2) is 0 Å². The molecule has 0 bridgehead atoms. The molecule has 0 aliphatic heterocycles. The Labute approximate surface area is 167 Å². The maximum atomic E-state index is 12.5. The van der Waals surface area contributed by atoms with Gasteiger partial charge in [-0.15, -0.1) is 0 Å². The highest BCUT2D eigenvalue weighted by atomic mass is 32.2. The lowest BCUT2D eigenvalue weighted by Gasteiger charge is -2.24. The van der Waals surface area contributed by atoms with E-state index < -0.39 is 10.1 Å². The molecular weight excluding hydrogens is 356 g/mol. The molecule has 1 N–H and O–H groups in total. The average Bonchev–Trinajstić information content (AvgIpc) is 2.61. The van der Waals surface area contributed by atoms with Crippen molar-refractivity contribution in [3.8, 4) is 0 Å². The molecule has 0 unspecified atom stereocenters. The zero-order valence-corrected chi connectivity index (χ0v) is 19.0. The van der Waals surface area contributed by atoms with Gasteiger partial charge in [0.05, 0.1) is 0 Å². The van der Waals surface area contributed by atoms with Gasteiger partial charge in [-0.05, 0) is 86.1 Å². The van der Waals surface area contributed by atoms with Crippen LogP contribution in [-0.4, -0.2) is 13.0 Å². The lowest BCUT2D eigenvalue weighted by Crippen LogP contribution is -2.16. The minimum atomic E-state index is -4.24. The van der Waals surface area contributed by atoms with Crippen LogP contribution in [0.25, 0.3) is 0 Å². The van der Waals surface area contributed by atoms with Crippen LogP contribution in [0.15, 0.2) is 4.90 Å². The van der Waals surface area contributed by atoms with Gasteiger partial charge in [-0.2, -0.15) is 8.42 Å². The Morgan fingerprint density at radius 2 is 0.926 bits per heavy atom. The molecule has 0 spiro atoms. The molecule has 0 atom stereocenters. The van der Waals surface area contributed by atoms with Crippen LogP contribution in [0.1, 0.15) is 107 Å². The van der Waals surface area contributed by atoms with Gasteiger partial charge in [0, 0.05) is 0 Å². The maximum Gasteiger partial charge on any atom is 0.295 e. The molecule has 0 aromatic heterocycles. The summed E-state index contributed by atoms with van der Waals surface area (Å²) < 4.78 is 35.3. The number of hydrogen-bond acceptors (Lipinski definition) is 2. The first kappa shape index (κ1) is 24.2. The molecule has 0 aliphatic carbocycles. The van der Waals surface area contributed by atoms with E-state index >= 15 is 0 Å². The van der Waals surface area contributed by atoms with Gasteiger partial charge in [-0.3, -0.25) is 4.55 Å². The Bertz CT molecular complexity index is 649. The van der Waals surface area contributed by atoms with Crippen LogP contribution in [0.4, 0.5) is 0 Å². The van der Waals surface area contributed by atoms with E-state index in [1.54, 1.807) is 0 Å². The molecule has 0 amide bonds. The molecular formula is C23H40O3S. The standard InChI is InChI=1S/C23H40O3S/c1-6-10-14-19-18(5)20(15-11-7-2)22(17-13-9-4)23(27(24,25)26)21(19)16-12-8-3/h6-17H2,1-5H3,(H,24,25,26). The molecule has 156 valence electrons. The second-order valence-electron chi connectivity index (χ2n) is 7.76. The van der Waals surface area contributed by atoms with Crippen LogP contribution >= 0.6 is 0 Å². The highest BCUT2D eigenvalue weighted by Crippen LogP contribution is 2.35. The van der Waals surface area contributed by atoms with Crippen LogP contribution in [-0.2, 0) is 35.8 Å². The molecule has 0 heterocycles. The molecule has 0 saturated heterocycles.